The molecular weight excluding hydrogens is 260 g/mol. The number of amides is 2. The predicted molar refractivity (Wildman–Crippen MR) is 70.3 cm³/mol. The SMILES string of the molecule is CC1=CC(=O)N(n2c(-c3ccccc3)n[nH]c2=O)C1=O. The minimum atomic E-state index is -0.645. The second kappa shape index (κ2) is 4.30. The van der Waals surface area contributed by atoms with Gasteiger partial charge < -0.3 is 0 Å². The molecule has 20 heavy (non-hydrogen) atoms. The van der Waals surface area contributed by atoms with Crippen molar-refractivity contribution in [2.75, 3.05) is 5.01 Å². The largest absolute Gasteiger partial charge is 0.363 e. The maximum Gasteiger partial charge on any atom is 0.363 e. The first kappa shape index (κ1) is 12.1. The first-order chi connectivity index (χ1) is 9.59. The molecule has 7 nitrogen and oxygen atoms in total. The molecule has 0 saturated carbocycles. The van der Waals surface area contributed by atoms with Crippen LogP contribution in [-0.4, -0.2) is 26.7 Å². The van der Waals surface area contributed by atoms with E-state index in [9.17, 15) is 14.4 Å². The number of carbonyl (C=O) groups is 2. The summed E-state index contributed by atoms with van der Waals surface area (Å²) < 4.78 is 0.951. The van der Waals surface area contributed by atoms with Crippen LogP contribution in [0.15, 0.2) is 46.8 Å². The van der Waals surface area contributed by atoms with E-state index in [1.807, 2.05) is 6.07 Å². The molecule has 0 saturated heterocycles. The van der Waals surface area contributed by atoms with Crippen molar-refractivity contribution in [1.82, 2.24) is 14.9 Å². The van der Waals surface area contributed by atoms with Crippen molar-refractivity contribution in [3.8, 4) is 11.4 Å². The van der Waals surface area contributed by atoms with Gasteiger partial charge in [-0.1, -0.05) is 30.3 Å². The number of rotatable bonds is 2. The molecule has 100 valence electrons. The van der Waals surface area contributed by atoms with Crippen LogP contribution in [0, 0.1) is 0 Å². The van der Waals surface area contributed by atoms with Crippen LogP contribution >= 0.6 is 0 Å². The molecule has 3 rings (SSSR count). The maximum atomic E-state index is 12.0. The molecular formula is C13H10N4O3. The molecule has 2 amide bonds. The van der Waals surface area contributed by atoms with E-state index < -0.39 is 17.5 Å². The molecule has 7 heteroatoms. The van der Waals surface area contributed by atoms with E-state index >= 15 is 0 Å². The third kappa shape index (κ3) is 1.68. The van der Waals surface area contributed by atoms with Gasteiger partial charge in [0, 0.05) is 17.2 Å². The fourth-order valence-corrected chi connectivity index (χ4v) is 2.02. The topological polar surface area (TPSA) is 88.1 Å². The van der Waals surface area contributed by atoms with Crippen molar-refractivity contribution in [2.24, 2.45) is 0 Å². The van der Waals surface area contributed by atoms with Gasteiger partial charge in [0.15, 0.2) is 5.82 Å². The smallest absolute Gasteiger partial charge is 0.267 e. The molecule has 1 aromatic heterocycles. The maximum absolute atomic E-state index is 12.0. The van der Waals surface area contributed by atoms with Crippen molar-refractivity contribution in [3.05, 3.63) is 52.5 Å². The van der Waals surface area contributed by atoms with Gasteiger partial charge in [-0.25, -0.2) is 9.89 Å². The Balaban J connectivity index is 2.17. The van der Waals surface area contributed by atoms with Gasteiger partial charge in [0.05, 0.1) is 0 Å². The molecule has 0 atom stereocenters. The average Bonchev–Trinajstić information content (AvgIpc) is 2.92. The summed E-state index contributed by atoms with van der Waals surface area (Å²) in [6.07, 6.45) is 1.19. The molecule has 1 aliphatic heterocycles. The summed E-state index contributed by atoms with van der Waals surface area (Å²) >= 11 is 0. The second-order valence-corrected chi connectivity index (χ2v) is 4.31. The van der Waals surface area contributed by atoms with Crippen molar-refractivity contribution < 1.29 is 9.59 Å². The molecule has 2 heterocycles. The summed E-state index contributed by atoms with van der Waals surface area (Å²) in [5.41, 5.74) is 0.256. The Morgan fingerprint density at radius 2 is 1.80 bits per heavy atom. The number of hydrogen-bond donors (Lipinski definition) is 1. The Labute approximate surface area is 113 Å². The third-order valence-corrected chi connectivity index (χ3v) is 2.96. The molecule has 1 aliphatic rings. The standard InChI is InChI=1S/C13H10N4O3/c1-8-7-10(18)16(12(8)19)17-11(14-15-13(17)20)9-5-3-2-4-6-9/h2-7H,1H3,(H,15,20). The van der Waals surface area contributed by atoms with Crippen molar-refractivity contribution >= 4 is 11.8 Å². The van der Waals surface area contributed by atoms with Crippen LogP contribution in [0.25, 0.3) is 11.4 Å². The lowest BCUT2D eigenvalue weighted by molar-refractivity contribution is -0.122. The quantitative estimate of drug-likeness (QED) is 0.789. The zero-order chi connectivity index (χ0) is 14.3. The van der Waals surface area contributed by atoms with Crippen molar-refractivity contribution in [2.45, 2.75) is 6.92 Å². The molecule has 2 aromatic rings. The van der Waals surface area contributed by atoms with Gasteiger partial charge in [0.2, 0.25) is 0 Å². The molecule has 1 N–H and O–H groups in total. The van der Waals surface area contributed by atoms with E-state index in [-0.39, 0.29) is 11.4 Å². The lowest BCUT2D eigenvalue weighted by Gasteiger charge is -2.15. The zero-order valence-corrected chi connectivity index (χ0v) is 10.5. The Bertz CT molecular complexity index is 785. The second-order valence-electron chi connectivity index (χ2n) is 4.31. The lowest BCUT2D eigenvalue weighted by atomic mass is 10.2. The Morgan fingerprint density at radius 3 is 2.40 bits per heavy atom. The van der Waals surface area contributed by atoms with E-state index in [2.05, 4.69) is 10.2 Å². The number of nitrogens with one attached hydrogen (secondary N) is 1. The van der Waals surface area contributed by atoms with Gasteiger partial charge >= 0.3 is 5.69 Å². The molecule has 0 fully saturated rings. The van der Waals surface area contributed by atoms with E-state index in [0.29, 0.717) is 5.56 Å². The van der Waals surface area contributed by atoms with Gasteiger partial charge in [-0.2, -0.15) is 14.8 Å². The minimum Gasteiger partial charge on any atom is -0.267 e. The first-order valence-corrected chi connectivity index (χ1v) is 5.89. The minimum absolute atomic E-state index is 0.209. The predicted octanol–water partition coefficient (Wildman–Crippen LogP) is 0.189. The van der Waals surface area contributed by atoms with Crippen LogP contribution in [0.5, 0.6) is 0 Å². The number of imide groups is 1. The number of aromatic amines is 1. The van der Waals surface area contributed by atoms with Crippen LogP contribution in [0.1, 0.15) is 6.92 Å². The summed E-state index contributed by atoms with van der Waals surface area (Å²) in [7, 11) is 0. The highest BCUT2D eigenvalue weighted by Crippen LogP contribution is 2.17. The molecule has 0 aliphatic carbocycles. The molecule has 0 spiro atoms. The normalized spacial score (nSPS) is 14.8. The van der Waals surface area contributed by atoms with E-state index in [4.69, 9.17) is 0 Å². The fraction of sp³-hybridized carbons (Fsp3) is 0.0769. The van der Waals surface area contributed by atoms with Gasteiger partial charge in [-0.3, -0.25) is 9.59 Å². The van der Waals surface area contributed by atoms with Crippen molar-refractivity contribution in [3.63, 3.8) is 0 Å². The Kier molecular flexibility index (Phi) is 2.60. The molecule has 0 radical (unpaired) electrons. The van der Waals surface area contributed by atoms with Crippen LogP contribution in [0.2, 0.25) is 0 Å². The van der Waals surface area contributed by atoms with Crippen LogP contribution in [-0.2, 0) is 9.59 Å². The van der Waals surface area contributed by atoms with E-state index in [1.165, 1.54) is 13.0 Å². The lowest BCUT2D eigenvalue weighted by Crippen LogP contribution is -2.46. The number of aromatic nitrogens is 3. The molecule has 1 aromatic carbocycles. The van der Waals surface area contributed by atoms with Gasteiger partial charge in [-0.05, 0) is 6.92 Å². The van der Waals surface area contributed by atoms with E-state index in [0.717, 1.165) is 9.69 Å². The van der Waals surface area contributed by atoms with E-state index in [1.54, 1.807) is 24.3 Å². The first-order valence-electron chi connectivity index (χ1n) is 5.89. The Hall–Kier alpha value is -2.96. The highest BCUT2D eigenvalue weighted by atomic mass is 16.2. The van der Waals surface area contributed by atoms with Crippen LogP contribution in [0.3, 0.4) is 0 Å². The number of H-pyrrole nitrogens is 1. The summed E-state index contributed by atoms with van der Waals surface area (Å²) in [6.45, 7) is 1.52. The molecule has 0 bridgehead atoms. The average molecular weight is 270 g/mol. The Morgan fingerprint density at radius 1 is 1.10 bits per heavy atom. The zero-order valence-electron chi connectivity index (χ0n) is 10.5. The summed E-state index contributed by atoms with van der Waals surface area (Å²) in [5.74, 6) is -0.885. The monoisotopic (exact) mass is 270 g/mol. The highest BCUT2D eigenvalue weighted by Gasteiger charge is 2.33. The molecule has 0 unspecified atom stereocenters. The van der Waals surface area contributed by atoms with Gasteiger partial charge in [-0.15, -0.1) is 0 Å². The number of carbonyl (C=O) groups excluding carboxylic acids is 2. The summed E-state index contributed by atoms with van der Waals surface area (Å²) in [5, 5.41) is 6.92. The number of hydrogen-bond acceptors (Lipinski definition) is 4. The number of nitrogens with zero attached hydrogens (tertiary/aromatic N) is 3. The summed E-state index contributed by atoms with van der Waals surface area (Å²) in [4.78, 5) is 35.7. The highest BCUT2D eigenvalue weighted by molar-refractivity contribution is 6.26. The third-order valence-electron chi connectivity index (χ3n) is 2.96. The van der Waals surface area contributed by atoms with Crippen LogP contribution < -0.4 is 10.7 Å². The van der Waals surface area contributed by atoms with Crippen molar-refractivity contribution in [1.29, 1.82) is 0 Å². The van der Waals surface area contributed by atoms with Gasteiger partial charge in [0.25, 0.3) is 11.8 Å². The van der Waals surface area contributed by atoms with Crippen LogP contribution in [0.4, 0.5) is 0 Å². The fourth-order valence-electron chi connectivity index (χ4n) is 2.02. The summed E-state index contributed by atoms with van der Waals surface area (Å²) in [6, 6.07) is 8.83. The van der Waals surface area contributed by atoms with Gasteiger partial charge in [0.1, 0.15) is 0 Å². The number of benzene rings is 1.